The van der Waals surface area contributed by atoms with Gasteiger partial charge >= 0.3 is 0 Å². The van der Waals surface area contributed by atoms with Gasteiger partial charge in [0.15, 0.2) is 0 Å². The molecule has 1 heterocycles. The van der Waals surface area contributed by atoms with Gasteiger partial charge in [-0.1, -0.05) is 29.8 Å². The Labute approximate surface area is 109 Å². The standard InChI is InChI=1S/C15H21N3/c1-11-5-7-14(8-6-11)12(2)17-13(3)15-9-16-18(4)10-15/h5-10,12-13,17H,1-4H3/t12-,13?/m0/s1. The number of rotatable bonds is 4. The van der Waals surface area contributed by atoms with Crippen LogP contribution in [-0.2, 0) is 7.05 Å². The molecule has 1 N–H and O–H groups in total. The fourth-order valence-corrected chi connectivity index (χ4v) is 2.09. The van der Waals surface area contributed by atoms with Gasteiger partial charge in [-0.3, -0.25) is 4.68 Å². The summed E-state index contributed by atoms with van der Waals surface area (Å²) in [4.78, 5) is 0. The zero-order chi connectivity index (χ0) is 13.1. The van der Waals surface area contributed by atoms with Gasteiger partial charge in [-0.05, 0) is 26.3 Å². The van der Waals surface area contributed by atoms with Crippen molar-refractivity contribution in [1.29, 1.82) is 0 Å². The first-order valence-corrected chi connectivity index (χ1v) is 6.37. The fourth-order valence-electron chi connectivity index (χ4n) is 2.09. The molecular weight excluding hydrogens is 222 g/mol. The lowest BCUT2D eigenvalue weighted by Gasteiger charge is -2.19. The molecule has 18 heavy (non-hydrogen) atoms. The molecule has 3 heteroatoms. The van der Waals surface area contributed by atoms with Crippen LogP contribution in [-0.4, -0.2) is 9.78 Å². The third-order valence-corrected chi connectivity index (χ3v) is 3.30. The third kappa shape index (κ3) is 2.99. The number of nitrogens with one attached hydrogen (secondary N) is 1. The quantitative estimate of drug-likeness (QED) is 0.894. The number of aromatic nitrogens is 2. The van der Waals surface area contributed by atoms with Crippen molar-refractivity contribution in [2.24, 2.45) is 7.05 Å². The largest absolute Gasteiger partial charge is 0.304 e. The van der Waals surface area contributed by atoms with Crippen LogP contribution in [0.25, 0.3) is 0 Å². The molecule has 1 aromatic carbocycles. The maximum absolute atomic E-state index is 4.21. The van der Waals surface area contributed by atoms with E-state index in [2.05, 4.69) is 61.6 Å². The van der Waals surface area contributed by atoms with E-state index in [1.54, 1.807) is 0 Å². The molecule has 0 radical (unpaired) electrons. The van der Waals surface area contributed by atoms with Crippen LogP contribution >= 0.6 is 0 Å². The van der Waals surface area contributed by atoms with E-state index >= 15 is 0 Å². The molecule has 2 rings (SSSR count). The van der Waals surface area contributed by atoms with Gasteiger partial charge in [-0.25, -0.2) is 0 Å². The van der Waals surface area contributed by atoms with Gasteiger partial charge in [0, 0.05) is 30.9 Å². The lowest BCUT2D eigenvalue weighted by molar-refractivity contribution is 0.494. The van der Waals surface area contributed by atoms with Crippen LogP contribution in [0.1, 0.15) is 42.6 Å². The lowest BCUT2D eigenvalue weighted by Crippen LogP contribution is -2.22. The van der Waals surface area contributed by atoms with Gasteiger partial charge in [-0.2, -0.15) is 5.10 Å². The predicted octanol–water partition coefficient (Wildman–Crippen LogP) is 3.14. The topological polar surface area (TPSA) is 29.9 Å². The van der Waals surface area contributed by atoms with Crippen molar-refractivity contribution in [3.8, 4) is 0 Å². The number of benzene rings is 1. The first kappa shape index (κ1) is 12.8. The van der Waals surface area contributed by atoms with Gasteiger partial charge in [0.1, 0.15) is 0 Å². The molecule has 0 aliphatic rings. The van der Waals surface area contributed by atoms with E-state index in [1.807, 2.05) is 17.9 Å². The van der Waals surface area contributed by atoms with Gasteiger partial charge in [0.25, 0.3) is 0 Å². The van der Waals surface area contributed by atoms with Gasteiger partial charge < -0.3 is 5.32 Å². The Morgan fingerprint density at radius 1 is 1.06 bits per heavy atom. The highest BCUT2D eigenvalue weighted by atomic mass is 15.2. The van der Waals surface area contributed by atoms with Gasteiger partial charge in [-0.15, -0.1) is 0 Å². The van der Waals surface area contributed by atoms with Crippen LogP contribution in [0.2, 0.25) is 0 Å². The minimum absolute atomic E-state index is 0.301. The first-order valence-electron chi connectivity index (χ1n) is 6.37. The van der Waals surface area contributed by atoms with E-state index in [1.165, 1.54) is 16.7 Å². The summed E-state index contributed by atoms with van der Waals surface area (Å²) in [6.45, 7) is 6.47. The second-order valence-corrected chi connectivity index (χ2v) is 4.97. The zero-order valence-corrected chi connectivity index (χ0v) is 11.5. The Hall–Kier alpha value is -1.61. The summed E-state index contributed by atoms with van der Waals surface area (Å²) in [5.41, 5.74) is 3.83. The molecule has 2 aromatic rings. The van der Waals surface area contributed by atoms with E-state index in [0.29, 0.717) is 12.1 Å². The number of hydrogen-bond donors (Lipinski definition) is 1. The molecule has 0 fully saturated rings. The molecule has 1 aromatic heterocycles. The highest BCUT2D eigenvalue weighted by Crippen LogP contribution is 2.19. The summed E-state index contributed by atoms with van der Waals surface area (Å²) in [6.07, 6.45) is 3.97. The van der Waals surface area contributed by atoms with Crippen LogP contribution in [0, 0.1) is 6.92 Å². The molecule has 96 valence electrons. The van der Waals surface area contributed by atoms with Crippen LogP contribution in [0.3, 0.4) is 0 Å². The van der Waals surface area contributed by atoms with Crippen molar-refractivity contribution >= 4 is 0 Å². The number of hydrogen-bond acceptors (Lipinski definition) is 2. The molecule has 0 saturated carbocycles. The Bertz CT molecular complexity index is 499. The van der Waals surface area contributed by atoms with E-state index in [9.17, 15) is 0 Å². The van der Waals surface area contributed by atoms with E-state index < -0.39 is 0 Å². The second kappa shape index (κ2) is 5.36. The molecule has 0 bridgehead atoms. The maximum atomic E-state index is 4.21. The average molecular weight is 243 g/mol. The monoisotopic (exact) mass is 243 g/mol. The summed E-state index contributed by atoms with van der Waals surface area (Å²) >= 11 is 0. The molecule has 3 nitrogen and oxygen atoms in total. The zero-order valence-electron chi connectivity index (χ0n) is 11.5. The normalized spacial score (nSPS) is 14.4. The maximum Gasteiger partial charge on any atom is 0.0537 e. The van der Waals surface area contributed by atoms with Crippen LogP contribution in [0.15, 0.2) is 36.7 Å². The number of aryl methyl sites for hydroxylation is 2. The third-order valence-electron chi connectivity index (χ3n) is 3.30. The van der Waals surface area contributed by atoms with Crippen molar-refractivity contribution in [2.45, 2.75) is 32.9 Å². The minimum Gasteiger partial charge on any atom is -0.304 e. The van der Waals surface area contributed by atoms with Gasteiger partial charge in [0.2, 0.25) is 0 Å². The number of nitrogens with zero attached hydrogens (tertiary/aromatic N) is 2. The van der Waals surface area contributed by atoms with Crippen molar-refractivity contribution < 1.29 is 0 Å². The van der Waals surface area contributed by atoms with Crippen LogP contribution < -0.4 is 5.32 Å². The molecule has 0 spiro atoms. The molecule has 2 atom stereocenters. The summed E-state index contributed by atoms with van der Waals surface area (Å²) < 4.78 is 1.84. The lowest BCUT2D eigenvalue weighted by atomic mass is 10.0. The summed E-state index contributed by atoms with van der Waals surface area (Å²) in [5.74, 6) is 0. The van der Waals surface area contributed by atoms with Crippen molar-refractivity contribution in [3.05, 3.63) is 53.3 Å². The van der Waals surface area contributed by atoms with Crippen molar-refractivity contribution in [2.75, 3.05) is 0 Å². The molecular formula is C15H21N3. The Morgan fingerprint density at radius 3 is 2.22 bits per heavy atom. The highest BCUT2D eigenvalue weighted by Gasteiger charge is 2.12. The average Bonchev–Trinajstić information content (AvgIpc) is 2.76. The van der Waals surface area contributed by atoms with Crippen molar-refractivity contribution in [3.63, 3.8) is 0 Å². The highest BCUT2D eigenvalue weighted by molar-refractivity contribution is 5.24. The Morgan fingerprint density at radius 2 is 1.67 bits per heavy atom. The molecule has 0 saturated heterocycles. The smallest absolute Gasteiger partial charge is 0.0537 e. The summed E-state index contributed by atoms with van der Waals surface area (Å²) in [6, 6.07) is 9.31. The minimum atomic E-state index is 0.301. The predicted molar refractivity (Wildman–Crippen MR) is 74.4 cm³/mol. The molecule has 0 amide bonds. The Balaban J connectivity index is 2.02. The molecule has 0 aliphatic heterocycles. The van der Waals surface area contributed by atoms with Crippen LogP contribution in [0.4, 0.5) is 0 Å². The van der Waals surface area contributed by atoms with Crippen molar-refractivity contribution in [1.82, 2.24) is 15.1 Å². The van der Waals surface area contributed by atoms with E-state index in [-0.39, 0.29) is 0 Å². The van der Waals surface area contributed by atoms with E-state index in [4.69, 9.17) is 0 Å². The Kier molecular flexibility index (Phi) is 3.82. The van der Waals surface area contributed by atoms with Gasteiger partial charge in [0.05, 0.1) is 6.20 Å². The van der Waals surface area contributed by atoms with E-state index in [0.717, 1.165) is 0 Å². The SMILES string of the molecule is Cc1ccc([C@H](C)NC(C)c2cnn(C)c2)cc1. The van der Waals surface area contributed by atoms with Crippen LogP contribution in [0.5, 0.6) is 0 Å². The summed E-state index contributed by atoms with van der Waals surface area (Å²) in [5, 5.41) is 7.80. The summed E-state index contributed by atoms with van der Waals surface area (Å²) in [7, 11) is 1.94. The molecule has 1 unspecified atom stereocenters. The molecule has 0 aliphatic carbocycles. The first-order chi connectivity index (χ1) is 8.56. The second-order valence-electron chi connectivity index (χ2n) is 4.97. The fraction of sp³-hybridized carbons (Fsp3) is 0.400.